The lowest BCUT2D eigenvalue weighted by molar-refractivity contribution is 0.0600. The molecule has 0 radical (unpaired) electrons. The zero-order valence-electron chi connectivity index (χ0n) is 7.83. The van der Waals surface area contributed by atoms with Gasteiger partial charge in [0, 0.05) is 5.56 Å². The number of benzene rings is 1. The molecule has 0 unspecified atom stereocenters. The van der Waals surface area contributed by atoms with E-state index in [4.69, 9.17) is 5.26 Å². The molecule has 0 N–H and O–H groups in total. The van der Waals surface area contributed by atoms with Crippen LogP contribution in [0, 0.1) is 11.3 Å². The summed E-state index contributed by atoms with van der Waals surface area (Å²) >= 11 is 0. The van der Waals surface area contributed by atoms with Crippen LogP contribution in [0.4, 0.5) is 8.78 Å². The number of hydrogen-bond acceptors (Lipinski definition) is 3. The maximum atomic E-state index is 12.3. The van der Waals surface area contributed by atoms with Crippen molar-refractivity contribution in [2.75, 3.05) is 7.11 Å². The van der Waals surface area contributed by atoms with Gasteiger partial charge in [-0.2, -0.15) is 5.26 Å². The molecule has 0 aromatic heterocycles. The van der Waals surface area contributed by atoms with Gasteiger partial charge in [-0.25, -0.2) is 13.6 Å². The number of carbonyl (C=O) groups excluding carboxylic acids is 1. The maximum absolute atomic E-state index is 12.3. The van der Waals surface area contributed by atoms with Gasteiger partial charge in [-0.3, -0.25) is 0 Å². The Kier molecular flexibility index (Phi) is 3.34. The summed E-state index contributed by atoms with van der Waals surface area (Å²) in [6.45, 7) is 0. The van der Waals surface area contributed by atoms with Crippen LogP contribution in [0.15, 0.2) is 18.2 Å². The van der Waals surface area contributed by atoms with Gasteiger partial charge in [0.25, 0.3) is 6.43 Å². The Balaban J connectivity index is 3.22. The van der Waals surface area contributed by atoms with Crippen molar-refractivity contribution in [2.45, 2.75) is 6.43 Å². The smallest absolute Gasteiger partial charge is 0.339 e. The first-order valence-electron chi connectivity index (χ1n) is 4.00. The number of esters is 1. The van der Waals surface area contributed by atoms with E-state index in [1.807, 2.05) is 0 Å². The molecule has 1 aromatic carbocycles. The first-order valence-corrected chi connectivity index (χ1v) is 4.00. The summed E-state index contributed by atoms with van der Waals surface area (Å²) in [5, 5.41) is 8.67. The van der Waals surface area contributed by atoms with E-state index in [0.717, 1.165) is 25.3 Å². The Labute approximate surface area is 84.9 Å². The Morgan fingerprint density at radius 2 is 2.20 bits per heavy atom. The number of hydrogen-bond donors (Lipinski definition) is 0. The number of ether oxygens (including phenoxy) is 1. The summed E-state index contributed by atoms with van der Waals surface area (Å²) in [6.07, 6.45) is -2.66. The highest BCUT2D eigenvalue weighted by Gasteiger charge is 2.15. The highest BCUT2D eigenvalue weighted by molar-refractivity contribution is 5.92. The van der Waals surface area contributed by atoms with E-state index in [-0.39, 0.29) is 16.7 Å². The van der Waals surface area contributed by atoms with Crippen LogP contribution in [0.1, 0.15) is 27.9 Å². The molecule has 0 aliphatic rings. The molecule has 0 saturated carbocycles. The minimum atomic E-state index is -2.66. The predicted octanol–water partition coefficient (Wildman–Crippen LogP) is 2.28. The molecule has 15 heavy (non-hydrogen) atoms. The van der Waals surface area contributed by atoms with Gasteiger partial charge in [0.15, 0.2) is 0 Å². The van der Waals surface area contributed by atoms with Crippen molar-refractivity contribution in [2.24, 2.45) is 0 Å². The fourth-order valence-electron chi connectivity index (χ4n) is 1.08. The fraction of sp³-hybridized carbons (Fsp3) is 0.200. The topological polar surface area (TPSA) is 50.1 Å². The van der Waals surface area contributed by atoms with Crippen molar-refractivity contribution in [3.8, 4) is 6.07 Å². The molecule has 78 valence electrons. The molecule has 0 bridgehead atoms. The Bertz CT molecular complexity index is 424. The first kappa shape index (κ1) is 11.1. The SMILES string of the molecule is COC(=O)c1ccc(C(F)F)cc1C#N. The second-order valence-electron chi connectivity index (χ2n) is 2.71. The lowest BCUT2D eigenvalue weighted by atomic mass is 10.1. The molecule has 1 rings (SSSR count). The van der Waals surface area contributed by atoms with Crippen LogP contribution >= 0.6 is 0 Å². The zero-order valence-corrected chi connectivity index (χ0v) is 7.83. The summed E-state index contributed by atoms with van der Waals surface area (Å²) in [4.78, 5) is 11.1. The van der Waals surface area contributed by atoms with Crippen LogP contribution in [0.3, 0.4) is 0 Å². The number of carbonyl (C=O) groups is 1. The van der Waals surface area contributed by atoms with Crippen molar-refractivity contribution in [3.63, 3.8) is 0 Å². The van der Waals surface area contributed by atoms with Crippen molar-refractivity contribution >= 4 is 5.97 Å². The average Bonchev–Trinajstić information content (AvgIpc) is 2.27. The molecule has 1 aromatic rings. The van der Waals surface area contributed by atoms with Crippen molar-refractivity contribution in [1.82, 2.24) is 0 Å². The normalized spacial score (nSPS) is 9.80. The minimum absolute atomic E-state index is 0.00981. The highest BCUT2D eigenvalue weighted by atomic mass is 19.3. The highest BCUT2D eigenvalue weighted by Crippen LogP contribution is 2.21. The monoisotopic (exact) mass is 211 g/mol. The second-order valence-corrected chi connectivity index (χ2v) is 2.71. The fourth-order valence-corrected chi connectivity index (χ4v) is 1.08. The third kappa shape index (κ3) is 2.29. The standard InChI is InChI=1S/C10H7F2NO2/c1-15-10(14)8-3-2-6(9(11)12)4-7(8)5-13/h2-4,9H,1H3. The summed E-state index contributed by atoms with van der Waals surface area (Å²) in [6, 6.07) is 4.91. The molecule has 0 saturated heterocycles. The van der Waals surface area contributed by atoms with Crippen LogP contribution in [-0.2, 0) is 4.74 Å². The predicted molar refractivity (Wildman–Crippen MR) is 47.5 cm³/mol. The first-order chi connectivity index (χ1) is 7.10. The van der Waals surface area contributed by atoms with Crippen LogP contribution < -0.4 is 0 Å². The molecular formula is C10H7F2NO2. The van der Waals surface area contributed by atoms with Crippen molar-refractivity contribution in [1.29, 1.82) is 5.26 Å². The van der Waals surface area contributed by atoms with Crippen LogP contribution in [0.5, 0.6) is 0 Å². The van der Waals surface area contributed by atoms with Gasteiger partial charge < -0.3 is 4.74 Å². The number of nitriles is 1. The molecule has 0 fully saturated rings. The largest absolute Gasteiger partial charge is 0.465 e. The maximum Gasteiger partial charge on any atom is 0.339 e. The lowest BCUT2D eigenvalue weighted by Crippen LogP contribution is -2.04. The molecule has 0 heterocycles. The minimum Gasteiger partial charge on any atom is -0.465 e. The summed E-state index contributed by atoms with van der Waals surface area (Å²) in [7, 11) is 1.16. The van der Waals surface area contributed by atoms with E-state index in [1.54, 1.807) is 6.07 Å². The third-order valence-electron chi connectivity index (χ3n) is 1.82. The van der Waals surface area contributed by atoms with E-state index >= 15 is 0 Å². The average molecular weight is 211 g/mol. The van der Waals surface area contributed by atoms with Gasteiger partial charge >= 0.3 is 5.97 Å². The van der Waals surface area contributed by atoms with E-state index < -0.39 is 12.4 Å². The number of methoxy groups -OCH3 is 1. The van der Waals surface area contributed by atoms with Gasteiger partial charge in [-0.15, -0.1) is 0 Å². The number of nitrogens with zero attached hydrogens (tertiary/aromatic N) is 1. The van der Waals surface area contributed by atoms with Crippen LogP contribution in [-0.4, -0.2) is 13.1 Å². The van der Waals surface area contributed by atoms with Crippen LogP contribution in [0.2, 0.25) is 0 Å². The van der Waals surface area contributed by atoms with Crippen LogP contribution in [0.25, 0.3) is 0 Å². The summed E-state index contributed by atoms with van der Waals surface area (Å²) in [5.74, 6) is -0.715. The Morgan fingerprint density at radius 1 is 1.53 bits per heavy atom. The third-order valence-corrected chi connectivity index (χ3v) is 1.82. The molecule has 0 spiro atoms. The summed E-state index contributed by atoms with van der Waals surface area (Å²) in [5.41, 5.74) is -0.414. The lowest BCUT2D eigenvalue weighted by Gasteiger charge is -2.04. The molecule has 0 amide bonds. The van der Waals surface area contributed by atoms with E-state index in [1.165, 1.54) is 0 Å². The molecule has 0 aliphatic heterocycles. The van der Waals surface area contributed by atoms with E-state index in [0.29, 0.717) is 0 Å². The van der Waals surface area contributed by atoms with Crippen molar-refractivity contribution in [3.05, 3.63) is 34.9 Å². The molecular weight excluding hydrogens is 204 g/mol. The van der Waals surface area contributed by atoms with E-state index in [2.05, 4.69) is 4.74 Å². The number of rotatable bonds is 2. The molecule has 0 aliphatic carbocycles. The van der Waals surface area contributed by atoms with Gasteiger partial charge in [0.1, 0.15) is 6.07 Å². The molecule has 5 heteroatoms. The molecule has 3 nitrogen and oxygen atoms in total. The molecule has 0 atom stereocenters. The van der Waals surface area contributed by atoms with Crippen molar-refractivity contribution < 1.29 is 18.3 Å². The van der Waals surface area contributed by atoms with Gasteiger partial charge in [0.05, 0.1) is 18.2 Å². The van der Waals surface area contributed by atoms with Gasteiger partial charge in [-0.05, 0) is 12.1 Å². The number of halogens is 2. The Morgan fingerprint density at radius 3 is 2.67 bits per heavy atom. The quantitative estimate of drug-likeness (QED) is 0.705. The second kappa shape index (κ2) is 4.51. The van der Waals surface area contributed by atoms with Gasteiger partial charge in [-0.1, -0.05) is 6.07 Å². The van der Waals surface area contributed by atoms with Gasteiger partial charge in [0.2, 0.25) is 0 Å². The summed E-state index contributed by atoms with van der Waals surface area (Å²) < 4.78 is 28.9. The van der Waals surface area contributed by atoms with E-state index in [9.17, 15) is 13.6 Å². The Hall–Kier alpha value is -1.96. The zero-order chi connectivity index (χ0) is 11.4. The number of alkyl halides is 2.